The number of nitrogens with zero attached hydrogens (tertiary/aromatic N) is 3. The maximum atomic E-state index is 13.4. The van der Waals surface area contributed by atoms with E-state index in [1.54, 1.807) is 0 Å². The van der Waals surface area contributed by atoms with Crippen molar-refractivity contribution >= 4 is 11.8 Å². The van der Waals surface area contributed by atoms with E-state index in [-0.39, 0.29) is 30.3 Å². The number of hydrogen-bond acceptors (Lipinski definition) is 2. The van der Waals surface area contributed by atoms with Crippen LogP contribution in [0, 0.1) is 5.92 Å². The number of hydrogen-bond donors (Lipinski definition) is 0. The molecule has 3 saturated carbocycles. The number of carbonyl (C=O) groups is 2. The fourth-order valence-corrected chi connectivity index (χ4v) is 5.07. The van der Waals surface area contributed by atoms with Crippen molar-refractivity contribution in [1.82, 2.24) is 14.4 Å². The van der Waals surface area contributed by atoms with Gasteiger partial charge < -0.3 is 14.4 Å². The Kier molecular flexibility index (Phi) is 6.07. The van der Waals surface area contributed by atoms with Crippen LogP contribution in [0.3, 0.4) is 0 Å². The number of aryl methyl sites for hydroxylation is 1. The summed E-state index contributed by atoms with van der Waals surface area (Å²) < 4.78 is 2.09. The molecule has 0 atom stereocenters. The molecule has 0 aliphatic heterocycles. The van der Waals surface area contributed by atoms with Crippen LogP contribution in [-0.4, -0.2) is 44.8 Å². The van der Waals surface area contributed by atoms with Crippen LogP contribution >= 0.6 is 0 Å². The van der Waals surface area contributed by atoms with E-state index in [1.807, 2.05) is 29.1 Å². The Bertz CT molecular complexity index is 682. The quantitative estimate of drug-likeness (QED) is 0.715. The van der Waals surface area contributed by atoms with Gasteiger partial charge in [0.15, 0.2) is 0 Å². The van der Waals surface area contributed by atoms with Crippen LogP contribution in [-0.2, 0) is 23.2 Å². The minimum atomic E-state index is 0.139. The first-order valence-electron chi connectivity index (χ1n) is 11.3. The van der Waals surface area contributed by atoms with Gasteiger partial charge in [-0.25, -0.2) is 0 Å². The lowest BCUT2D eigenvalue weighted by molar-refractivity contribution is -0.146. The molecule has 154 valence electrons. The van der Waals surface area contributed by atoms with Crippen LogP contribution in [0.1, 0.15) is 76.3 Å². The predicted molar refractivity (Wildman–Crippen MR) is 110 cm³/mol. The highest BCUT2D eigenvalue weighted by atomic mass is 16.2. The van der Waals surface area contributed by atoms with E-state index in [9.17, 15) is 9.59 Å². The summed E-state index contributed by atoms with van der Waals surface area (Å²) in [6, 6.07) is 4.74. The smallest absolute Gasteiger partial charge is 0.242 e. The van der Waals surface area contributed by atoms with Gasteiger partial charge in [0.25, 0.3) is 0 Å². The zero-order chi connectivity index (χ0) is 19.5. The molecular formula is C23H35N3O2. The summed E-state index contributed by atoms with van der Waals surface area (Å²) in [4.78, 5) is 30.7. The molecule has 3 fully saturated rings. The molecule has 0 N–H and O–H groups in total. The van der Waals surface area contributed by atoms with E-state index in [0.29, 0.717) is 12.6 Å². The first kappa shape index (κ1) is 19.5. The van der Waals surface area contributed by atoms with Crippen LogP contribution in [0.25, 0.3) is 0 Å². The Morgan fingerprint density at radius 1 is 0.929 bits per heavy atom. The highest BCUT2D eigenvalue weighted by Gasteiger charge is 2.37. The van der Waals surface area contributed by atoms with E-state index in [4.69, 9.17) is 0 Å². The average Bonchev–Trinajstić information content (AvgIpc) is 3.23. The first-order chi connectivity index (χ1) is 13.6. The third-order valence-electron chi connectivity index (χ3n) is 7.00. The van der Waals surface area contributed by atoms with Gasteiger partial charge >= 0.3 is 0 Å². The number of rotatable bonds is 7. The fraction of sp³-hybridized carbons (Fsp3) is 0.739. The van der Waals surface area contributed by atoms with Crippen LogP contribution < -0.4 is 0 Å². The Morgan fingerprint density at radius 2 is 1.57 bits per heavy atom. The number of carbonyl (C=O) groups excluding carboxylic acids is 2. The molecule has 0 bridgehead atoms. The van der Waals surface area contributed by atoms with Crippen molar-refractivity contribution in [3.8, 4) is 0 Å². The summed E-state index contributed by atoms with van der Waals surface area (Å²) in [6.07, 6.45) is 14.3. The third kappa shape index (κ3) is 4.44. The SMILES string of the molecule is Cn1cccc1CN(C(=O)CN(C(=O)C1CCCC1)C1CCCCC1)C1CC1. The second-order valence-corrected chi connectivity index (χ2v) is 9.10. The second kappa shape index (κ2) is 8.71. The van der Waals surface area contributed by atoms with Crippen molar-refractivity contribution in [3.63, 3.8) is 0 Å². The van der Waals surface area contributed by atoms with Crippen LogP contribution in [0.2, 0.25) is 0 Å². The van der Waals surface area contributed by atoms with E-state index >= 15 is 0 Å². The minimum Gasteiger partial charge on any atom is -0.353 e. The largest absolute Gasteiger partial charge is 0.353 e. The lowest BCUT2D eigenvalue weighted by Crippen LogP contribution is -2.50. The normalized spacial score (nSPS) is 21.0. The van der Waals surface area contributed by atoms with E-state index in [1.165, 1.54) is 19.3 Å². The monoisotopic (exact) mass is 385 g/mol. The van der Waals surface area contributed by atoms with E-state index < -0.39 is 0 Å². The second-order valence-electron chi connectivity index (χ2n) is 9.10. The molecule has 5 heteroatoms. The van der Waals surface area contributed by atoms with Crippen molar-refractivity contribution in [2.24, 2.45) is 13.0 Å². The van der Waals surface area contributed by atoms with Crippen LogP contribution in [0.15, 0.2) is 18.3 Å². The Balaban J connectivity index is 1.48. The van der Waals surface area contributed by atoms with Crippen molar-refractivity contribution in [2.75, 3.05) is 6.54 Å². The van der Waals surface area contributed by atoms with Crippen LogP contribution in [0.4, 0.5) is 0 Å². The van der Waals surface area contributed by atoms with E-state index in [0.717, 1.165) is 57.1 Å². The molecule has 3 aliphatic carbocycles. The van der Waals surface area contributed by atoms with Crippen molar-refractivity contribution in [3.05, 3.63) is 24.0 Å². The summed E-state index contributed by atoms with van der Waals surface area (Å²) in [5.74, 6) is 0.546. The van der Waals surface area contributed by atoms with Crippen LogP contribution in [0.5, 0.6) is 0 Å². The lowest BCUT2D eigenvalue weighted by atomic mass is 9.92. The summed E-state index contributed by atoms with van der Waals surface area (Å²) >= 11 is 0. The van der Waals surface area contributed by atoms with Gasteiger partial charge in [-0.05, 0) is 50.7 Å². The zero-order valence-electron chi connectivity index (χ0n) is 17.3. The maximum absolute atomic E-state index is 13.4. The number of aromatic nitrogens is 1. The highest BCUT2D eigenvalue weighted by Crippen LogP contribution is 2.32. The average molecular weight is 386 g/mol. The Hall–Kier alpha value is -1.78. The molecule has 0 saturated heterocycles. The fourth-order valence-electron chi connectivity index (χ4n) is 5.07. The Morgan fingerprint density at radius 3 is 2.18 bits per heavy atom. The van der Waals surface area contributed by atoms with Gasteiger partial charge in [-0.1, -0.05) is 32.1 Å². The molecule has 0 radical (unpaired) electrons. The summed E-state index contributed by atoms with van der Waals surface area (Å²) in [5, 5.41) is 0. The molecule has 0 unspecified atom stereocenters. The summed E-state index contributed by atoms with van der Waals surface area (Å²) in [7, 11) is 2.03. The topological polar surface area (TPSA) is 45.6 Å². The van der Waals surface area contributed by atoms with Crippen molar-refractivity contribution in [2.45, 2.75) is 89.3 Å². The van der Waals surface area contributed by atoms with Crippen molar-refractivity contribution in [1.29, 1.82) is 0 Å². The molecule has 5 nitrogen and oxygen atoms in total. The Labute approximate surface area is 169 Å². The molecular weight excluding hydrogens is 350 g/mol. The molecule has 0 spiro atoms. The van der Waals surface area contributed by atoms with Gasteiger partial charge in [0, 0.05) is 36.9 Å². The minimum absolute atomic E-state index is 0.139. The van der Waals surface area contributed by atoms with E-state index in [2.05, 4.69) is 10.6 Å². The summed E-state index contributed by atoms with van der Waals surface area (Å²) in [6.45, 7) is 0.935. The summed E-state index contributed by atoms with van der Waals surface area (Å²) in [5.41, 5.74) is 1.16. The lowest BCUT2D eigenvalue weighted by Gasteiger charge is -2.37. The molecule has 4 rings (SSSR count). The van der Waals surface area contributed by atoms with Gasteiger partial charge in [-0.3, -0.25) is 9.59 Å². The molecule has 3 aliphatic rings. The molecule has 1 heterocycles. The number of amides is 2. The third-order valence-corrected chi connectivity index (χ3v) is 7.00. The first-order valence-corrected chi connectivity index (χ1v) is 11.3. The zero-order valence-corrected chi connectivity index (χ0v) is 17.3. The molecule has 2 amide bonds. The molecule has 0 aromatic carbocycles. The van der Waals surface area contributed by atoms with Gasteiger partial charge in [-0.15, -0.1) is 0 Å². The van der Waals surface area contributed by atoms with Crippen molar-refractivity contribution < 1.29 is 9.59 Å². The predicted octanol–water partition coefficient (Wildman–Crippen LogP) is 3.87. The van der Waals surface area contributed by atoms with Gasteiger partial charge in [0.1, 0.15) is 6.54 Å². The van der Waals surface area contributed by atoms with Gasteiger partial charge in [0.2, 0.25) is 11.8 Å². The maximum Gasteiger partial charge on any atom is 0.242 e. The van der Waals surface area contributed by atoms with Gasteiger partial charge in [0.05, 0.1) is 6.54 Å². The molecule has 1 aromatic rings. The van der Waals surface area contributed by atoms with Gasteiger partial charge in [-0.2, -0.15) is 0 Å². The standard InChI is InChI=1S/C23H35N3O2/c1-24-15-7-12-21(24)16-25(20-13-14-20)22(27)17-26(19-10-3-2-4-11-19)23(28)18-8-5-6-9-18/h7,12,15,18-20H,2-6,8-11,13-14,16-17H2,1H3. The highest BCUT2D eigenvalue weighted by molar-refractivity contribution is 5.86. The molecule has 28 heavy (non-hydrogen) atoms. The molecule has 1 aromatic heterocycles.